The summed E-state index contributed by atoms with van der Waals surface area (Å²) in [5, 5.41) is 0. The number of amides is 2. The number of hydrogen-bond acceptors (Lipinski definition) is 4. The average Bonchev–Trinajstić information content (AvgIpc) is 2.60. The summed E-state index contributed by atoms with van der Waals surface area (Å²) in [5.41, 5.74) is 2.24. The number of hydrazine groups is 1. The number of nitrogens with two attached hydrogens (primary N) is 1. The quantitative estimate of drug-likeness (QED) is 0.411. The van der Waals surface area contributed by atoms with E-state index < -0.39 is 0 Å². The molecule has 0 bridgehead atoms. The van der Waals surface area contributed by atoms with Gasteiger partial charge in [-0.1, -0.05) is 13.3 Å². The van der Waals surface area contributed by atoms with E-state index in [4.69, 9.17) is 5.84 Å². The van der Waals surface area contributed by atoms with Crippen LogP contribution < -0.4 is 11.3 Å². The molecule has 1 atom stereocenters. The predicted octanol–water partition coefficient (Wildman–Crippen LogP) is -0.301. The number of nitrogens with zero attached hydrogens (tertiary/aromatic N) is 2. The molecule has 3 N–H and O–H groups in total. The minimum atomic E-state index is -0.174. The standard InChI is InChI=1S/C12H24N4O2/c1-3-5-11(12(18)14-13)16-7-4-6-15(8-9-16)10(2)17/h11H,3-9,13H2,1-2H3,(H,14,18). The second-order valence-corrected chi connectivity index (χ2v) is 4.71. The molecule has 0 aromatic rings. The Labute approximate surface area is 108 Å². The van der Waals surface area contributed by atoms with Crippen LogP contribution >= 0.6 is 0 Å². The zero-order valence-electron chi connectivity index (χ0n) is 11.3. The Balaban J connectivity index is 2.63. The van der Waals surface area contributed by atoms with Crippen molar-refractivity contribution in [2.24, 2.45) is 5.84 Å². The van der Waals surface area contributed by atoms with Crippen LogP contribution in [0.1, 0.15) is 33.1 Å². The van der Waals surface area contributed by atoms with E-state index in [1.54, 1.807) is 6.92 Å². The molecule has 0 aliphatic carbocycles. The van der Waals surface area contributed by atoms with Crippen molar-refractivity contribution in [3.63, 3.8) is 0 Å². The van der Waals surface area contributed by atoms with Crippen LogP contribution in [0.3, 0.4) is 0 Å². The van der Waals surface area contributed by atoms with Crippen LogP contribution in [0.15, 0.2) is 0 Å². The van der Waals surface area contributed by atoms with E-state index in [1.807, 2.05) is 4.90 Å². The van der Waals surface area contributed by atoms with E-state index in [9.17, 15) is 9.59 Å². The summed E-state index contributed by atoms with van der Waals surface area (Å²) in [4.78, 5) is 27.1. The van der Waals surface area contributed by atoms with Crippen LogP contribution in [0.2, 0.25) is 0 Å². The van der Waals surface area contributed by atoms with Gasteiger partial charge in [0.1, 0.15) is 0 Å². The number of nitrogens with one attached hydrogen (secondary N) is 1. The number of carbonyl (C=O) groups excluding carboxylic acids is 2. The molecule has 6 nitrogen and oxygen atoms in total. The Morgan fingerprint density at radius 3 is 2.56 bits per heavy atom. The molecule has 1 saturated heterocycles. The van der Waals surface area contributed by atoms with E-state index in [1.165, 1.54) is 0 Å². The van der Waals surface area contributed by atoms with Crippen molar-refractivity contribution < 1.29 is 9.59 Å². The molecule has 0 radical (unpaired) electrons. The molecular weight excluding hydrogens is 232 g/mol. The maximum Gasteiger partial charge on any atom is 0.251 e. The summed E-state index contributed by atoms with van der Waals surface area (Å²) >= 11 is 0. The Bertz CT molecular complexity index is 296. The third-order valence-electron chi connectivity index (χ3n) is 3.42. The molecule has 1 fully saturated rings. The largest absolute Gasteiger partial charge is 0.342 e. The van der Waals surface area contributed by atoms with E-state index in [-0.39, 0.29) is 17.9 Å². The van der Waals surface area contributed by atoms with Gasteiger partial charge in [-0.3, -0.25) is 19.9 Å². The van der Waals surface area contributed by atoms with Crippen molar-refractivity contribution >= 4 is 11.8 Å². The lowest BCUT2D eigenvalue weighted by molar-refractivity contribution is -0.128. The van der Waals surface area contributed by atoms with Crippen molar-refractivity contribution in [1.82, 2.24) is 15.2 Å². The molecule has 1 unspecified atom stereocenters. The van der Waals surface area contributed by atoms with Gasteiger partial charge in [0.15, 0.2) is 0 Å². The second kappa shape index (κ2) is 7.33. The molecule has 0 aromatic carbocycles. The number of carbonyl (C=O) groups is 2. The third kappa shape index (κ3) is 3.96. The van der Waals surface area contributed by atoms with Gasteiger partial charge < -0.3 is 4.90 Å². The van der Waals surface area contributed by atoms with E-state index in [0.717, 1.165) is 38.9 Å². The molecule has 1 rings (SSSR count). The average molecular weight is 256 g/mol. The van der Waals surface area contributed by atoms with E-state index in [0.29, 0.717) is 6.54 Å². The maximum absolute atomic E-state index is 11.8. The molecule has 1 aliphatic rings. The molecule has 0 spiro atoms. The molecule has 2 amide bonds. The molecular formula is C12H24N4O2. The highest BCUT2D eigenvalue weighted by Gasteiger charge is 2.26. The zero-order chi connectivity index (χ0) is 13.5. The van der Waals surface area contributed by atoms with Crippen molar-refractivity contribution in [2.75, 3.05) is 26.2 Å². The topological polar surface area (TPSA) is 78.7 Å². The van der Waals surface area contributed by atoms with Gasteiger partial charge in [-0.25, -0.2) is 5.84 Å². The molecule has 1 aliphatic heterocycles. The fourth-order valence-corrected chi connectivity index (χ4v) is 2.41. The van der Waals surface area contributed by atoms with Crippen LogP contribution in [0.4, 0.5) is 0 Å². The Hall–Kier alpha value is -1.14. The molecule has 104 valence electrons. The first kappa shape index (κ1) is 14.9. The highest BCUT2D eigenvalue weighted by Crippen LogP contribution is 2.12. The Kier molecular flexibility index (Phi) is 6.07. The van der Waals surface area contributed by atoms with Crippen LogP contribution in [0.25, 0.3) is 0 Å². The SMILES string of the molecule is CCCC(C(=O)NN)N1CCCN(C(C)=O)CC1. The summed E-state index contributed by atoms with van der Waals surface area (Å²) in [6, 6.07) is -0.174. The number of rotatable bonds is 4. The molecule has 18 heavy (non-hydrogen) atoms. The van der Waals surface area contributed by atoms with Gasteiger partial charge in [-0.15, -0.1) is 0 Å². The summed E-state index contributed by atoms with van der Waals surface area (Å²) < 4.78 is 0. The maximum atomic E-state index is 11.8. The fourth-order valence-electron chi connectivity index (χ4n) is 2.41. The van der Waals surface area contributed by atoms with E-state index in [2.05, 4.69) is 17.2 Å². The fraction of sp³-hybridized carbons (Fsp3) is 0.833. The van der Waals surface area contributed by atoms with Crippen molar-refractivity contribution in [3.8, 4) is 0 Å². The smallest absolute Gasteiger partial charge is 0.251 e. The summed E-state index contributed by atoms with van der Waals surface area (Å²) in [5.74, 6) is 5.21. The lowest BCUT2D eigenvalue weighted by Crippen LogP contribution is -2.50. The van der Waals surface area contributed by atoms with Gasteiger partial charge in [0.05, 0.1) is 6.04 Å². The Morgan fingerprint density at radius 1 is 1.28 bits per heavy atom. The monoisotopic (exact) mass is 256 g/mol. The van der Waals surface area contributed by atoms with Crippen LogP contribution in [0.5, 0.6) is 0 Å². The molecule has 0 saturated carbocycles. The van der Waals surface area contributed by atoms with Crippen molar-refractivity contribution in [2.45, 2.75) is 39.2 Å². The lowest BCUT2D eigenvalue weighted by atomic mass is 10.1. The first-order valence-electron chi connectivity index (χ1n) is 6.60. The van der Waals surface area contributed by atoms with E-state index >= 15 is 0 Å². The van der Waals surface area contributed by atoms with Gasteiger partial charge >= 0.3 is 0 Å². The minimum absolute atomic E-state index is 0.104. The predicted molar refractivity (Wildman–Crippen MR) is 69.5 cm³/mol. The zero-order valence-corrected chi connectivity index (χ0v) is 11.3. The first-order valence-corrected chi connectivity index (χ1v) is 6.60. The normalized spacial score (nSPS) is 19.2. The lowest BCUT2D eigenvalue weighted by Gasteiger charge is -2.28. The second-order valence-electron chi connectivity index (χ2n) is 4.71. The highest BCUT2D eigenvalue weighted by molar-refractivity contribution is 5.81. The van der Waals surface area contributed by atoms with Crippen LogP contribution in [-0.4, -0.2) is 53.8 Å². The van der Waals surface area contributed by atoms with Crippen LogP contribution in [0, 0.1) is 0 Å². The minimum Gasteiger partial charge on any atom is -0.342 e. The summed E-state index contributed by atoms with van der Waals surface area (Å²) in [6.45, 7) is 6.67. The highest BCUT2D eigenvalue weighted by atomic mass is 16.2. The van der Waals surface area contributed by atoms with Gasteiger partial charge in [0.25, 0.3) is 5.91 Å². The van der Waals surface area contributed by atoms with Gasteiger partial charge in [-0.2, -0.15) is 0 Å². The summed E-state index contributed by atoms with van der Waals surface area (Å²) in [7, 11) is 0. The first-order chi connectivity index (χ1) is 8.60. The third-order valence-corrected chi connectivity index (χ3v) is 3.42. The van der Waals surface area contributed by atoms with Crippen molar-refractivity contribution in [1.29, 1.82) is 0 Å². The molecule has 6 heteroatoms. The van der Waals surface area contributed by atoms with Gasteiger partial charge in [-0.05, 0) is 12.8 Å². The number of hydrogen-bond donors (Lipinski definition) is 2. The van der Waals surface area contributed by atoms with Gasteiger partial charge in [0, 0.05) is 33.1 Å². The summed E-state index contributed by atoms with van der Waals surface area (Å²) in [6.07, 6.45) is 2.63. The molecule has 0 aromatic heterocycles. The van der Waals surface area contributed by atoms with Crippen molar-refractivity contribution in [3.05, 3.63) is 0 Å². The Morgan fingerprint density at radius 2 is 2.00 bits per heavy atom. The van der Waals surface area contributed by atoms with Gasteiger partial charge in [0.2, 0.25) is 5.91 Å². The van der Waals surface area contributed by atoms with Crippen LogP contribution in [-0.2, 0) is 9.59 Å². The molecule has 1 heterocycles.